The number of aliphatic hydroxyl groups is 1. The number of hydrogen-bond donors (Lipinski definition) is 2. The molecule has 0 fully saturated rings. The number of aromatic nitrogens is 2. The first-order valence-electron chi connectivity index (χ1n) is 9.61. The van der Waals surface area contributed by atoms with Crippen molar-refractivity contribution in [3.8, 4) is 11.1 Å². The Bertz CT molecular complexity index is 1030. The Hall–Kier alpha value is -3.49. The summed E-state index contributed by atoms with van der Waals surface area (Å²) in [5.41, 5.74) is 6.19. The zero-order valence-electron chi connectivity index (χ0n) is 16.5. The van der Waals surface area contributed by atoms with Gasteiger partial charge in [0.25, 0.3) is 5.91 Å². The van der Waals surface area contributed by atoms with E-state index in [9.17, 15) is 4.79 Å². The van der Waals surface area contributed by atoms with E-state index >= 15 is 0 Å². The minimum atomic E-state index is -0.430. The lowest BCUT2D eigenvalue weighted by molar-refractivity contribution is 0.0777. The third-order valence-corrected chi connectivity index (χ3v) is 4.86. The van der Waals surface area contributed by atoms with Gasteiger partial charge in [-0.1, -0.05) is 47.6 Å². The summed E-state index contributed by atoms with van der Waals surface area (Å²) in [6, 6.07) is 17.0. The number of nitrogens with one attached hydrogen (secondary N) is 1. The topological polar surface area (TPSA) is 101 Å². The maximum absolute atomic E-state index is 13.2. The van der Waals surface area contributed by atoms with Crippen LogP contribution in [0, 0.1) is 0 Å². The largest absolute Gasteiger partial charge is 0.396 e. The molecule has 2 N–H and O–H groups in total. The van der Waals surface area contributed by atoms with Crippen LogP contribution >= 0.6 is 0 Å². The molecule has 1 aliphatic heterocycles. The van der Waals surface area contributed by atoms with E-state index in [2.05, 4.69) is 15.6 Å². The van der Waals surface area contributed by atoms with Gasteiger partial charge in [0, 0.05) is 18.2 Å². The predicted octanol–water partition coefficient (Wildman–Crippen LogP) is 2.85. The average Bonchev–Trinajstić information content (AvgIpc) is 3.42. The second-order valence-electron chi connectivity index (χ2n) is 6.86. The summed E-state index contributed by atoms with van der Waals surface area (Å²) >= 11 is 0. The van der Waals surface area contributed by atoms with Gasteiger partial charge >= 0.3 is 0 Å². The molecule has 154 valence electrons. The molecule has 0 radical (unpaired) electrons. The molecular formula is C22H22N4O4. The van der Waals surface area contributed by atoms with Crippen molar-refractivity contribution in [3.05, 3.63) is 83.8 Å². The van der Waals surface area contributed by atoms with Gasteiger partial charge in [-0.15, -0.1) is 0 Å². The monoisotopic (exact) mass is 406 g/mol. The van der Waals surface area contributed by atoms with Crippen LogP contribution in [0.5, 0.6) is 0 Å². The minimum Gasteiger partial charge on any atom is -0.396 e. The second-order valence-corrected chi connectivity index (χ2v) is 6.86. The Balaban J connectivity index is 1.58. The summed E-state index contributed by atoms with van der Waals surface area (Å²) in [5.74, 6) is 0.540. The van der Waals surface area contributed by atoms with Crippen LogP contribution in [0.4, 0.5) is 0 Å². The van der Waals surface area contributed by atoms with Crippen molar-refractivity contribution >= 4 is 5.91 Å². The molecule has 0 saturated carbocycles. The van der Waals surface area contributed by atoms with Crippen LogP contribution in [0.2, 0.25) is 0 Å². The molecule has 0 bridgehead atoms. The Labute approximate surface area is 173 Å². The number of aliphatic hydroxyl groups excluding tert-OH is 1. The molecular weight excluding hydrogens is 384 g/mol. The van der Waals surface area contributed by atoms with Gasteiger partial charge in [0.15, 0.2) is 5.82 Å². The lowest BCUT2D eigenvalue weighted by atomic mass is 10.0. The number of hydroxylamine groups is 1. The molecule has 1 atom stereocenters. The summed E-state index contributed by atoms with van der Waals surface area (Å²) in [5, 5.41) is 13.1. The van der Waals surface area contributed by atoms with Gasteiger partial charge in [-0.3, -0.25) is 15.1 Å². The highest BCUT2D eigenvalue weighted by atomic mass is 16.6. The summed E-state index contributed by atoms with van der Waals surface area (Å²) < 4.78 is 5.18. The van der Waals surface area contributed by atoms with E-state index in [1.807, 2.05) is 54.6 Å². The van der Waals surface area contributed by atoms with E-state index < -0.39 is 6.04 Å². The van der Waals surface area contributed by atoms with Crippen molar-refractivity contribution in [1.82, 2.24) is 20.5 Å². The van der Waals surface area contributed by atoms with E-state index in [1.54, 1.807) is 11.1 Å². The summed E-state index contributed by atoms with van der Waals surface area (Å²) in [6.45, 7) is -0.0859. The van der Waals surface area contributed by atoms with Crippen molar-refractivity contribution in [1.29, 1.82) is 0 Å². The molecule has 1 unspecified atom stereocenters. The number of nitrogens with zero attached hydrogens (tertiary/aromatic N) is 3. The van der Waals surface area contributed by atoms with Gasteiger partial charge in [0.2, 0.25) is 5.89 Å². The fourth-order valence-electron chi connectivity index (χ4n) is 3.42. The van der Waals surface area contributed by atoms with Crippen LogP contribution < -0.4 is 5.48 Å². The van der Waals surface area contributed by atoms with E-state index in [-0.39, 0.29) is 18.9 Å². The molecule has 1 amide bonds. The molecule has 0 spiro atoms. The molecule has 30 heavy (non-hydrogen) atoms. The first kappa shape index (κ1) is 19.8. The molecule has 8 heteroatoms. The normalized spacial score (nSPS) is 15.9. The summed E-state index contributed by atoms with van der Waals surface area (Å²) in [4.78, 5) is 24.1. The van der Waals surface area contributed by atoms with Gasteiger partial charge in [-0.05, 0) is 23.3 Å². The van der Waals surface area contributed by atoms with Crippen LogP contribution in [0.25, 0.3) is 11.1 Å². The van der Waals surface area contributed by atoms with Crippen molar-refractivity contribution in [3.63, 3.8) is 0 Å². The van der Waals surface area contributed by atoms with Gasteiger partial charge in [0.1, 0.15) is 6.04 Å². The Morgan fingerprint density at radius 1 is 1.20 bits per heavy atom. The van der Waals surface area contributed by atoms with Crippen molar-refractivity contribution in [2.24, 2.45) is 0 Å². The van der Waals surface area contributed by atoms with Crippen LogP contribution in [0.3, 0.4) is 0 Å². The highest BCUT2D eigenvalue weighted by Gasteiger charge is 2.34. The van der Waals surface area contributed by atoms with Crippen LogP contribution in [-0.2, 0) is 11.3 Å². The molecule has 3 aromatic rings. The average molecular weight is 406 g/mol. The van der Waals surface area contributed by atoms with Gasteiger partial charge in [-0.25, -0.2) is 0 Å². The number of hydrogen-bond acceptors (Lipinski definition) is 7. The highest BCUT2D eigenvalue weighted by Crippen LogP contribution is 2.33. The molecule has 1 aromatic heterocycles. The first-order valence-corrected chi connectivity index (χ1v) is 9.61. The number of rotatable bonds is 7. The van der Waals surface area contributed by atoms with Gasteiger partial charge < -0.3 is 14.5 Å². The van der Waals surface area contributed by atoms with E-state index in [1.165, 1.54) is 7.11 Å². The van der Waals surface area contributed by atoms with E-state index in [0.717, 1.165) is 16.8 Å². The maximum Gasteiger partial charge on any atom is 0.258 e. The second kappa shape index (κ2) is 8.89. The van der Waals surface area contributed by atoms with E-state index in [4.69, 9.17) is 14.5 Å². The Kier molecular flexibility index (Phi) is 5.87. The van der Waals surface area contributed by atoms with Gasteiger partial charge in [-0.2, -0.15) is 4.98 Å². The zero-order valence-corrected chi connectivity index (χ0v) is 16.5. The highest BCUT2D eigenvalue weighted by molar-refractivity contribution is 5.96. The van der Waals surface area contributed by atoms with Crippen LogP contribution in [0.15, 0.2) is 71.0 Å². The number of benzene rings is 2. The van der Waals surface area contributed by atoms with Gasteiger partial charge in [0.05, 0.1) is 25.8 Å². The lowest BCUT2D eigenvalue weighted by Crippen LogP contribution is -2.28. The standard InChI is InChI=1S/C22H22N4O4/c1-29-24-18-13-19(21-23-20(11-12-27)30-25-21)26(14-18)22(28)17-9-7-16(8-10-17)15-5-3-2-4-6-15/h2-10,14,19,24,27H,11-13H2,1H3. The third-order valence-electron chi connectivity index (χ3n) is 4.86. The number of amides is 1. The van der Waals surface area contributed by atoms with Crippen molar-refractivity contribution < 1.29 is 19.3 Å². The summed E-state index contributed by atoms with van der Waals surface area (Å²) in [7, 11) is 1.51. The van der Waals surface area contributed by atoms with E-state index in [0.29, 0.717) is 23.7 Å². The van der Waals surface area contributed by atoms with Crippen LogP contribution in [0.1, 0.15) is 34.5 Å². The number of carbonyl (C=O) groups is 1. The molecule has 0 aliphatic carbocycles. The quantitative estimate of drug-likeness (QED) is 0.582. The van der Waals surface area contributed by atoms with Crippen molar-refractivity contribution in [2.75, 3.05) is 13.7 Å². The maximum atomic E-state index is 13.2. The first-order chi connectivity index (χ1) is 14.7. The summed E-state index contributed by atoms with van der Waals surface area (Å²) in [6.07, 6.45) is 2.43. The molecule has 0 saturated heterocycles. The smallest absolute Gasteiger partial charge is 0.258 e. The SMILES string of the molecule is CONC1=CN(C(=O)c2ccc(-c3ccccc3)cc2)C(c2noc(CCO)n2)C1. The lowest BCUT2D eigenvalue weighted by Gasteiger charge is -2.21. The Morgan fingerprint density at radius 3 is 2.63 bits per heavy atom. The Morgan fingerprint density at radius 2 is 1.93 bits per heavy atom. The predicted molar refractivity (Wildman–Crippen MR) is 109 cm³/mol. The zero-order chi connectivity index (χ0) is 20.9. The molecule has 2 aromatic carbocycles. The fourth-order valence-corrected chi connectivity index (χ4v) is 3.42. The van der Waals surface area contributed by atoms with Crippen molar-refractivity contribution in [2.45, 2.75) is 18.9 Å². The molecule has 4 rings (SSSR count). The third kappa shape index (κ3) is 4.10. The molecule has 8 nitrogen and oxygen atoms in total. The minimum absolute atomic E-state index is 0.0859. The molecule has 2 heterocycles. The number of carbonyl (C=O) groups excluding carboxylic acids is 1. The van der Waals surface area contributed by atoms with Crippen LogP contribution in [-0.4, -0.2) is 39.8 Å². The molecule has 1 aliphatic rings. The fraction of sp³-hybridized carbons (Fsp3) is 0.227.